The topological polar surface area (TPSA) is 57.6 Å². The van der Waals surface area contributed by atoms with E-state index in [0.29, 0.717) is 6.54 Å². The molecule has 24 heavy (non-hydrogen) atoms. The van der Waals surface area contributed by atoms with Crippen LogP contribution in [0.4, 0.5) is 5.69 Å². The first-order chi connectivity index (χ1) is 11.8. The molecule has 2 atom stereocenters. The molecule has 0 bridgehead atoms. The first-order valence-corrected chi connectivity index (χ1v) is 8.48. The minimum atomic E-state index is -0.559. The highest BCUT2D eigenvalue weighted by atomic mass is 16.5. The molecule has 3 rings (SSSR count). The average Bonchev–Trinajstić information content (AvgIpc) is 2.67. The number of pyridine rings is 1. The van der Waals surface area contributed by atoms with Crippen LogP contribution in [0.2, 0.25) is 0 Å². The normalized spacial score (nSPS) is 17.5. The summed E-state index contributed by atoms with van der Waals surface area (Å²) in [5.41, 5.74) is 3.33. The van der Waals surface area contributed by atoms with Gasteiger partial charge >= 0.3 is 0 Å². The molecule has 1 fully saturated rings. The van der Waals surface area contributed by atoms with Gasteiger partial charge in [-0.2, -0.15) is 0 Å². The first-order valence-electron chi connectivity index (χ1n) is 8.48. The van der Waals surface area contributed by atoms with Gasteiger partial charge < -0.3 is 20.1 Å². The molecule has 5 nitrogen and oxygen atoms in total. The van der Waals surface area contributed by atoms with Crippen LogP contribution < -0.4 is 10.2 Å². The van der Waals surface area contributed by atoms with Crippen molar-refractivity contribution in [3.05, 3.63) is 59.9 Å². The zero-order valence-electron chi connectivity index (χ0n) is 14.1. The Morgan fingerprint density at radius 1 is 1.21 bits per heavy atom. The minimum absolute atomic E-state index is 0.148. The van der Waals surface area contributed by atoms with E-state index >= 15 is 0 Å². The highest BCUT2D eigenvalue weighted by molar-refractivity contribution is 5.55. The lowest BCUT2D eigenvalue weighted by Crippen LogP contribution is -2.37. The van der Waals surface area contributed by atoms with Crippen molar-refractivity contribution in [2.24, 2.45) is 0 Å². The number of benzene rings is 1. The predicted octanol–water partition coefficient (Wildman–Crippen LogP) is 2.30. The van der Waals surface area contributed by atoms with Gasteiger partial charge in [0.1, 0.15) is 0 Å². The van der Waals surface area contributed by atoms with Gasteiger partial charge in [-0.3, -0.25) is 4.98 Å². The number of para-hydroxylation sites is 1. The van der Waals surface area contributed by atoms with Crippen LogP contribution in [0, 0.1) is 0 Å². The molecule has 0 amide bonds. The van der Waals surface area contributed by atoms with Crippen molar-refractivity contribution in [3.63, 3.8) is 0 Å². The Hall–Kier alpha value is -1.95. The van der Waals surface area contributed by atoms with E-state index in [2.05, 4.69) is 46.4 Å². The molecule has 5 heteroatoms. The van der Waals surface area contributed by atoms with E-state index in [1.165, 1.54) is 11.3 Å². The fraction of sp³-hybridized carbons (Fsp3) is 0.421. The van der Waals surface area contributed by atoms with E-state index in [9.17, 15) is 5.11 Å². The molecule has 0 saturated carbocycles. The molecular weight excluding hydrogens is 302 g/mol. The Morgan fingerprint density at radius 2 is 2.00 bits per heavy atom. The fourth-order valence-corrected chi connectivity index (χ4v) is 3.04. The Labute approximate surface area is 143 Å². The van der Waals surface area contributed by atoms with Crippen LogP contribution in [0.5, 0.6) is 0 Å². The van der Waals surface area contributed by atoms with Gasteiger partial charge in [0, 0.05) is 49.3 Å². The van der Waals surface area contributed by atoms with E-state index in [4.69, 9.17) is 4.74 Å². The highest BCUT2D eigenvalue weighted by Gasteiger charge is 2.18. The number of hydrogen-bond acceptors (Lipinski definition) is 5. The van der Waals surface area contributed by atoms with Crippen LogP contribution in [0.15, 0.2) is 48.8 Å². The second-order valence-electron chi connectivity index (χ2n) is 6.09. The summed E-state index contributed by atoms with van der Waals surface area (Å²) in [6.07, 6.45) is 2.86. The Morgan fingerprint density at radius 3 is 2.75 bits per heavy atom. The second kappa shape index (κ2) is 8.24. The van der Waals surface area contributed by atoms with Gasteiger partial charge in [-0.25, -0.2) is 0 Å². The summed E-state index contributed by atoms with van der Waals surface area (Å²) < 4.78 is 5.45. The summed E-state index contributed by atoms with van der Waals surface area (Å²) in [4.78, 5) is 6.43. The zero-order valence-corrected chi connectivity index (χ0v) is 14.1. The predicted molar refractivity (Wildman–Crippen MR) is 95.1 cm³/mol. The quantitative estimate of drug-likeness (QED) is 0.853. The number of anilines is 1. The van der Waals surface area contributed by atoms with Crippen molar-refractivity contribution < 1.29 is 9.84 Å². The Kier molecular flexibility index (Phi) is 5.80. The maximum atomic E-state index is 10.3. The largest absolute Gasteiger partial charge is 0.387 e. The highest BCUT2D eigenvalue weighted by Crippen LogP contribution is 2.27. The number of aliphatic hydroxyl groups excluding tert-OH is 1. The van der Waals surface area contributed by atoms with E-state index in [1.807, 2.05) is 12.1 Å². The third kappa shape index (κ3) is 4.12. The minimum Gasteiger partial charge on any atom is -0.387 e. The molecule has 1 aromatic carbocycles. The molecule has 1 saturated heterocycles. The number of hydrogen-bond donors (Lipinski definition) is 2. The molecule has 1 aliphatic heterocycles. The third-order valence-corrected chi connectivity index (χ3v) is 4.44. The smallest absolute Gasteiger partial charge is 0.0929 e. The van der Waals surface area contributed by atoms with Crippen LogP contribution in [-0.4, -0.2) is 42.9 Å². The SMILES string of the molecule is CC(NCC(O)c1cccnc1)c1ccccc1N1CCOCC1. The van der Waals surface area contributed by atoms with Crippen LogP contribution >= 0.6 is 0 Å². The van der Waals surface area contributed by atoms with Crippen LogP contribution in [0.3, 0.4) is 0 Å². The van der Waals surface area contributed by atoms with E-state index < -0.39 is 6.10 Å². The van der Waals surface area contributed by atoms with Gasteiger partial charge in [-0.05, 0) is 24.6 Å². The van der Waals surface area contributed by atoms with Crippen LogP contribution in [-0.2, 0) is 4.74 Å². The zero-order chi connectivity index (χ0) is 16.8. The van der Waals surface area contributed by atoms with Gasteiger partial charge in [0.15, 0.2) is 0 Å². The summed E-state index contributed by atoms with van der Waals surface area (Å²) in [6, 6.07) is 12.3. The number of nitrogens with zero attached hydrogens (tertiary/aromatic N) is 2. The lowest BCUT2D eigenvalue weighted by molar-refractivity contribution is 0.122. The molecule has 2 unspecified atom stereocenters. The van der Waals surface area contributed by atoms with Crippen molar-refractivity contribution in [2.75, 3.05) is 37.7 Å². The van der Waals surface area contributed by atoms with Crippen molar-refractivity contribution in [2.45, 2.75) is 19.1 Å². The molecule has 0 spiro atoms. The van der Waals surface area contributed by atoms with Crippen LogP contribution in [0.1, 0.15) is 30.2 Å². The summed E-state index contributed by atoms with van der Waals surface area (Å²) >= 11 is 0. The third-order valence-electron chi connectivity index (χ3n) is 4.44. The summed E-state index contributed by atoms with van der Waals surface area (Å²) in [6.45, 7) is 6.01. The molecule has 2 N–H and O–H groups in total. The average molecular weight is 327 g/mol. The molecule has 1 aromatic heterocycles. The number of nitrogens with one attached hydrogen (secondary N) is 1. The summed E-state index contributed by atoms with van der Waals surface area (Å²) in [5.74, 6) is 0. The number of ether oxygens (including phenoxy) is 1. The van der Waals surface area contributed by atoms with Crippen molar-refractivity contribution in [1.29, 1.82) is 0 Å². The summed E-state index contributed by atoms with van der Waals surface area (Å²) in [5, 5.41) is 13.7. The summed E-state index contributed by atoms with van der Waals surface area (Å²) in [7, 11) is 0. The first kappa shape index (κ1) is 16.9. The number of rotatable bonds is 6. The molecular formula is C19H25N3O2. The van der Waals surface area contributed by atoms with Gasteiger partial charge in [-0.15, -0.1) is 0 Å². The standard InChI is InChI=1S/C19H25N3O2/c1-15(21-14-19(23)16-5-4-8-20-13-16)17-6-2-3-7-18(17)22-9-11-24-12-10-22/h2-8,13,15,19,21,23H,9-12,14H2,1H3. The second-order valence-corrected chi connectivity index (χ2v) is 6.09. The number of aromatic nitrogens is 1. The maximum absolute atomic E-state index is 10.3. The van der Waals surface area contributed by atoms with E-state index in [1.54, 1.807) is 12.4 Å². The fourth-order valence-electron chi connectivity index (χ4n) is 3.04. The monoisotopic (exact) mass is 327 g/mol. The van der Waals surface area contributed by atoms with Crippen molar-refractivity contribution >= 4 is 5.69 Å². The van der Waals surface area contributed by atoms with Gasteiger partial charge in [-0.1, -0.05) is 24.3 Å². The molecule has 2 heterocycles. The lowest BCUT2D eigenvalue weighted by Gasteiger charge is -2.32. The Bertz CT molecular complexity index is 630. The molecule has 2 aromatic rings. The number of aliphatic hydroxyl groups is 1. The molecule has 0 aliphatic carbocycles. The Balaban J connectivity index is 1.65. The van der Waals surface area contributed by atoms with E-state index in [-0.39, 0.29) is 6.04 Å². The van der Waals surface area contributed by atoms with E-state index in [0.717, 1.165) is 31.9 Å². The van der Waals surface area contributed by atoms with Gasteiger partial charge in [0.05, 0.1) is 19.3 Å². The maximum Gasteiger partial charge on any atom is 0.0929 e. The molecule has 0 radical (unpaired) electrons. The van der Waals surface area contributed by atoms with Gasteiger partial charge in [0.2, 0.25) is 0 Å². The van der Waals surface area contributed by atoms with Gasteiger partial charge in [0.25, 0.3) is 0 Å². The molecule has 128 valence electrons. The lowest BCUT2D eigenvalue weighted by atomic mass is 10.0. The van der Waals surface area contributed by atoms with Crippen molar-refractivity contribution in [1.82, 2.24) is 10.3 Å². The van der Waals surface area contributed by atoms with Crippen LogP contribution in [0.25, 0.3) is 0 Å². The number of morpholine rings is 1. The van der Waals surface area contributed by atoms with Crippen molar-refractivity contribution in [3.8, 4) is 0 Å². The molecule has 1 aliphatic rings.